The molecule has 2 aliphatic rings. The smallest absolute Gasteiger partial charge is 0.322 e. The van der Waals surface area contributed by atoms with Crippen LogP contribution in [-0.2, 0) is 4.79 Å². The van der Waals surface area contributed by atoms with Gasteiger partial charge in [0, 0.05) is 6.20 Å². The lowest BCUT2D eigenvalue weighted by molar-refractivity contribution is -0.143. The molecule has 2 aliphatic heterocycles. The molecular weight excluding hydrogens is 274 g/mol. The van der Waals surface area contributed by atoms with E-state index in [0.717, 1.165) is 5.69 Å². The molecule has 6 heteroatoms. The SMILES string of the molecule is CCC(C(=O)O)N1C2SC=CN2CN1c1ccccc1. The Morgan fingerprint density at radius 3 is 2.85 bits per heavy atom. The molecule has 1 N–H and O–H groups in total. The monoisotopic (exact) mass is 291 g/mol. The lowest BCUT2D eigenvalue weighted by atomic mass is 10.2. The number of hydrazine groups is 1. The highest BCUT2D eigenvalue weighted by Crippen LogP contribution is 2.38. The minimum absolute atomic E-state index is 0.0382. The topological polar surface area (TPSA) is 47.0 Å². The Labute approximate surface area is 122 Å². The van der Waals surface area contributed by atoms with Gasteiger partial charge in [-0.15, -0.1) is 0 Å². The second kappa shape index (κ2) is 5.38. The van der Waals surface area contributed by atoms with Crippen LogP contribution in [0.2, 0.25) is 0 Å². The average molecular weight is 291 g/mol. The Morgan fingerprint density at radius 2 is 2.20 bits per heavy atom. The van der Waals surface area contributed by atoms with Crippen molar-refractivity contribution in [1.29, 1.82) is 0 Å². The molecule has 1 saturated heterocycles. The number of carboxylic acids is 1. The molecule has 0 aliphatic carbocycles. The quantitative estimate of drug-likeness (QED) is 0.919. The molecule has 0 amide bonds. The number of para-hydroxylation sites is 1. The van der Waals surface area contributed by atoms with Gasteiger partial charge >= 0.3 is 5.97 Å². The van der Waals surface area contributed by atoms with Crippen molar-refractivity contribution in [2.75, 3.05) is 11.7 Å². The summed E-state index contributed by atoms with van der Waals surface area (Å²) in [5, 5.41) is 15.6. The van der Waals surface area contributed by atoms with Crippen molar-refractivity contribution in [3.05, 3.63) is 41.9 Å². The summed E-state index contributed by atoms with van der Waals surface area (Å²) in [6.45, 7) is 2.60. The van der Waals surface area contributed by atoms with Crippen molar-refractivity contribution in [3.63, 3.8) is 0 Å². The molecule has 20 heavy (non-hydrogen) atoms. The summed E-state index contributed by atoms with van der Waals surface area (Å²) in [5.41, 5.74) is 1.06. The molecule has 0 saturated carbocycles. The van der Waals surface area contributed by atoms with Crippen LogP contribution in [-0.4, -0.2) is 39.2 Å². The van der Waals surface area contributed by atoms with Crippen molar-refractivity contribution in [2.24, 2.45) is 0 Å². The minimum atomic E-state index is -0.775. The maximum absolute atomic E-state index is 11.6. The van der Waals surface area contributed by atoms with Gasteiger partial charge in [0.1, 0.15) is 12.7 Å². The molecule has 0 radical (unpaired) electrons. The summed E-state index contributed by atoms with van der Waals surface area (Å²) >= 11 is 1.65. The third-order valence-corrected chi connectivity index (χ3v) is 4.59. The van der Waals surface area contributed by atoms with Crippen molar-refractivity contribution in [2.45, 2.75) is 24.9 Å². The molecule has 1 aromatic rings. The van der Waals surface area contributed by atoms with Gasteiger partial charge in [-0.05, 0) is 24.0 Å². The fourth-order valence-corrected chi connectivity index (χ4v) is 3.67. The third-order valence-electron chi connectivity index (χ3n) is 3.58. The molecule has 2 unspecified atom stereocenters. The summed E-state index contributed by atoms with van der Waals surface area (Å²) in [7, 11) is 0. The average Bonchev–Trinajstić information content (AvgIpc) is 3.02. The van der Waals surface area contributed by atoms with Gasteiger partial charge in [-0.3, -0.25) is 9.80 Å². The predicted octanol–water partition coefficient (Wildman–Crippen LogP) is 2.35. The van der Waals surface area contributed by atoms with E-state index in [0.29, 0.717) is 13.1 Å². The number of benzene rings is 1. The second-order valence-electron chi connectivity index (χ2n) is 4.78. The fourth-order valence-electron chi connectivity index (χ4n) is 2.63. The molecule has 0 spiro atoms. The van der Waals surface area contributed by atoms with Crippen LogP contribution >= 0.6 is 11.8 Å². The fraction of sp³-hybridized carbons (Fsp3) is 0.357. The lowest BCUT2D eigenvalue weighted by Crippen LogP contribution is -2.50. The van der Waals surface area contributed by atoms with Gasteiger partial charge in [-0.2, -0.15) is 5.01 Å². The van der Waals surface area contributed by atoms with Crippen LogP contribution in [0.1, 0.15) is 13.3 Å². The van der Waals surface area contributed by atoms with Crippen LogP contribution in [0.15, 0.2) is 41.9 Å². The van der Waals surface area contributed by atoms with Crippen molar-refractivity contribution in [3.8, 4) is 0 Å². The number of nitrogens with zero attached hydrogens (tertiary/aromatic N) is 3. The van der Waals surface area contributed by atoms with E-state index in [1.54, 1.807) is 11.8 Å². The van der Waals surface area contributed by atoms with E-state index in [1.165, 1.54) is 0 Å². The lowest BCUT2D eigenvalue weighted by Gasteiger charge is -2.34. The summed E-state index contributed by atoms with van der Waals surface area (Å²) in [5.74, 6) is -0.775. The van der Waals surface area contributed by atoms with E-state index in [2.05, 4.69) is 9.91 Å². The van der Waals surface area contributed by atoms with Crippen molar-refractivity contribution < 1.29 is 9.90 Å². The Balaban J connectivity index is 1.95. The van der Waals surface area contributed by atoms with Crippen LogP contribution in [0.4, 0.5) is 5.69 Å². The zero-order valence-electron chi connectivity index (χ0n) is 11.2. The molecule has 0 bridgehead atoms. The van der Waals surface area contributed by atoms with E-state index in [9.17, 15) is 9.90 Å². The number of hydrogen-bond acceptors (Lipinski definition) is 5. The van der Waals surface area contributed by atoms with Crippen molar-refractivity contribution >= 4 is 23.4 Å². The summed E-state index contributed by atoms with van der Waals surface area (Å²) in [4.78, 5) is 13.7. The molecule has 1 aromatic carbocycles. The van der Waals surface area contributed by atoms with Gasteiger partial charge in [0.15, 0.2) is 5.50 Å². The molecule has 0 aromatic heterocycles. The van der Waals surface area contributed by atoms with Crippen LogP contribution in [0.25, 0.3) is 0 Å². The molecule has 106 valence electrons. The zero-order chi connectivity index (χ0) is 14.1. The van der Waals surface area contributed by atoms with Crippen LogP contribution in [0, 0.1) is 0 Å². The first-order valence-corrected chi connectivity index (χ1v) is 7.58. The first-order chi connectivity index (χ1) is 9.72. The van der Waals surface area contributed by atoms with E-state index >= 15 is 0 Å². The van der Waals surface area contributed by atoms with Crippen LogP contribution in [0.5, 0.6) is 0 Å². The van der Waals surface area contributed by atoms with Gasteiger partial charge in [0.25, 0.3) is 0 Å². The zero-order valence-corrected chi connectivity index (χ0v) is 12.0. The number of thioether (sulfide) groups is 1. The normalized spacial score (nSPS) is 23.1. The molecule has 2 heterocycles. The molecular formula is C14H17N3O2S. The predicted molar refractivity (Wildman–Crippen MR) is 79.7 cm³/mol. The molecule has 1 fully saturated rings. The Hall–Kier alpha value is -1.66. The standard InChI is InChI=1S/C14H17N3O2S/c1-2-12(13(18)19)17-14-15(8-9-20-14)10-16(17)11-6-4-3-5-7-11/h3-9,12,14H,2,10H2,1H3,(H,18,19). The van der Waals surface area contributed by atoms with Gasteiger partial charge in [0.2, 0.25) is 0 Å². The summed E-state index contributed by atoms with van der Waals surface area (Å²) < 4.78 is 0. The first-order valence-electron chi connectivity index (χ1n) is 6.64. The number of rotatable bonds is 4. The Bertz CT molecular complexity index is 522. The van der Waals surface area contributed by atoms with E-state index in [4.69, 9.17) is 0 Å². The van der Waals surface area contributed by atoms with Gasteiger partial charge in [-0.1, -0.05) is 36.9 Å². The Kier molecular flexibility index (Phi) is 3.58. The Morgan fingerprint density at radius 1 is 1.45 bits per heavy atom. The molecule has 5 nitrogen and oxygen atoms in total. The van der Waals surface area contributed by atoms with Crippen molar-refractivity contribution in [1.82, 2.24) is 9.91 Å². The van der Waals surface area contributed by atoms with Crippen LogP contribution < -0.4 is 5.01 Å². The molecule has 2 atom stereocenters. The number of fused-ring (bicyclic) bond motifs is 1. The second-order valence-corrected chi connectivity index (χ2v) is 5.75. The van der Waals surface area contributed by atoms with E-state index < -0.39 is 12.0 Å². The number of carboxylic acid groups (broad SMARTS) is 1. The van der Waals surface area contributed by atoms with Gasteiger partial charge in [0.05, 0.1) is 5.69 Å². The first kappa shape index (κ1) is 13.3. The summed E-state index contributed by atoms with van der Waals surface area (Å²) in [6.07, 6.45) is 2.60. The van der Waals surface area contributed by atoms with Crippen LogP contribution in [0.3, 0.4) is 0 Å². The highest BCUT2D eigenvalue weighted by atomic mass is 32.2. The number of anilines is 1. The maximum atomic E-state index is 11.6. The highest BCUT2D eigenvalue weighted by Gasteiger charge is 2.44. The number of hydrogen-bond donors (Lipinski definition) is 1. The largest absolute Gasteiger partial charge is 0.480 e. The maximum Gasteiger partial charge on any atom is 0.322 e. The molecule has 3 rings (SSSR count). The van der Waals surface area contributed by atoms with E-state index in [-0.39, 0.29) is 5.50 Å². The minimum Gasteiger partial charge on any atom is -0.480 e. The number of carbonyl (C=O) groups is 1. The summed E-state index contributed by atoms with van der Waals surface area (Å²) in [6, 6.07) is 9.42. The van der Waals surface area contributed by atoms with E-state index in [1.807, 2.05) is 53.9 Å². The third kappa shape index (κ3) is 2.14. The van der Waals surface area contributed by atoms with Gasteiger partial charge in [-0.25, -0.2) is 0 Å². The van der Waals surface area contributed by atoms with Gasteiger partial charge < -0.3 is 10.0 Å². The highest BCUT2D eigenvalue weighted by molar-refractivity contribution is 8.02. The number of aliphatic carboxylic acids is 1.